The average molecular weight is 506 g/mol. The van der Waals surface area contributed by atoms with Crippen molar-refractivity contribution >= 4 is 35.6 Å². The highest BCUT2D eigenvalue weighted by molar-refractivity contribution is 6.04. The zero-order valence-electron chi connectivity index (χ0n) is 20.6. The minimum atomic E-state index is -0.0747. The minimum absolute atomic E-state index is 0.00306. The summed E-state index contributed by atoms with van der Waals surface area (Å²) < 4.78 is 10.9. The third kappa shape index (κ3) is 4.05. The molecule has 4 heterocycles. The van der Waals surface area contributed by atoms with Gasteiger partial charge in [0.2, 0.25) is 0 Å². The molecule has 4 aliphatic rings. The van der Waals surface area contributed by atoms with Crippen molar-refractivity contribution in [3.63, 3.8) is 0 Å². The van der Waals surface area contributed by atoms with Gasteiger partial charge < -0.3 is 28.9 Å². The second kappa shape index (κ2) is 9.40. The molecule has 0 bridgehead atoms. The number of nitrogens with one attached hydrogen (secondary N) is 1. The van der Waals surface area contributed by atoms with Crippen LogP contribution in [0, 0.1) is 0 Å². The first-order chi connectivity index (χ1) is 18.1. The average Bonchev–Trinajstić information content (AvgIpc) is 3.54. The lowest BCUT2D eigenvalue weighted by Crippen LogP contribution is -2.35. The van der Waals surface area contributed by atoms with Crippen LogP contribution >= 0.6 is 0 Å². The van der Waals surface area contributed by atoms with Gasteiger partial charge in [0.15, 0.2) is 23.0 Å². The number of carbonyl (C=O) groups excluding carboxylic acids is 2. The molecule has 0 saturated carbocycles. The molecule has 0 radical (unpaired) electrons. The quantitative estimate of drug-likeness (QED) is 0.600. The van der Waals surface area contributed by atoms with E-state index in [1.165, 1.54) is 14.2 Å². The molecule has 11 nitrogen and oxygen atoms in total. The number of rotatable bonds is 6. The molecule has 2 saturated heterocycles. The molecule has 37 heavy (non-hydrogen) atoms. The van der Waals surface area contributed by atoms with Crippen LogP contribution < -0.4 is 24.8 Å². The number of benzene rings is 2. The van der Waals surface area contributed by atoms with Crippen LogP contribution in [0.15, 0.2) is 34.3 Å². The molecule has 2 atom stereocenters. The second-order valence-corrected chi connectivity index (χ2v) is 9.30. The molecule has 0 aliphatic carbocycles. The number of ether oxygens (including phenoxy) is 2. The Morgan fingerprint density at radius 1 is 0.730 bits per heavy atom. The summed E-state index contributed by atoms with van der Waals surface area (Å²) in [5.41, 5.74) is 4.37. The molecule has 2 aromatic carbocycles. The normalized spacial score (nSPS) is 21.6. The van der Waals surface area contributed by atoms with Gasteiger partial charge in [0, 0.05) is 43.3 Å². The van der Waals surface area contributed by atoms with Crippen molar-refractivity contribution < 1.29 is 28.7 Å². The van der Waals surface area contributed by atoms with E-state index >= 15 is 0 Å². The molecule has 0 spiro atoms. The summed E-state index contributed by atoms with van der Waals surface area (Å²) in [5.74, 6) is 1.12. The van der Waals surface area contributed by atoms with Gasteiger partial charge in [0.25, 0.3) is 11.8 Å². The monoisotopic (exact) mass is 505 g/mol. The number of amides is 2. The highest BCUT2D eigenvalue weighted by Crippen LogP contribution is 2.39. The van der Waals surface area contributed by atoms with E-state index in [0.29, 0.717) is 47.1 Å². The molecule has 11 heteroatoms. The van der Waals surface area contributed by atoms with Gasteiger partial charge in [0.1, 0.15) is 0 Å². The Bertz CT molecular complexity index is 1230. The predicted octanol–water partition coefficient (Wildman–Crippen LogP) is 3.22. The van der Waals surface area contributed by atoms with Crippen molar-refractivity contribution in [2.24, 2.45) is 9.98 Å². The van der Waals surface area contributed by atoms with Gasteiger partial charge >= 0.3 is 0 Å². The zero-order valence-corrected chi connectivity index (χ0v) is 20.6. The fraction of sp³-hybridized carbons (Fsp3) is 0.385. The van der Waals surface area contributed by atoms with E-state index in [-0.39, 0.29) is 35.4 Å². The highest BCUT2D eigenvalue weighted by atomic mass is 16.9. The van der Waals surface area contributed by atoms with E-state index < -0.39 is 0 Å². The van der Waals surface area contributed by atoms with Crippen LogP contribution in [-0.4, -0.2) is 73.4 Å². The van der Waals surface area contributed by atoms with Gasteiger partial charge in [-0.15, -0.1) is 0 Å². The fourth-order valence-corrected chi connectivity index (χ4v) is 5.29. The van der Waals surface area contributed by atoms with Crippen LogP contribution in [0.1, 0.15) is 46.4 Å². The highest BCUT2D eigenvalue weighted by Gasteiger charge is 2.34. The van der Waals surface area contributed by atoms with E-state index in [2.05, 4.69) is 15.6 Å². The van der Waals surface area contributed by atoms with Gasteiger partial charge in [0.05, 0.1) is 48.8 Å². The van der Waals surface area contributed by atoms with Crippen molar-refractivity contribution in [3.8, 4) is 23.0 Å². The predicted molar refractivity (Wildman–Crippen MR) is 135 cm³/mol. The Labute approximate surface area is 213 Å². The van der Waals surface area contributed by atoms with Crippen LogP contribution in [0.3, 0.4) is 0 Å². The maximum Gasteiger partial charge on any atom is 0.256 e. The van der Waals surface area contributed by atoms with Crippen LogP contribution in [0.5, 0.6) is 23.0 Å². The van der Waals surface area contributed by atoms with Crippen LogP contribution in [0.2, 0.25) is 0 Å². The molecular weight excluding hydrogens is 478 g/mol. The number of carbonyl (C=O) groups is 2. The van der Waals surface area contributed by atoms with Crippen LogP contribution in [-0.2, 0) is 0 Å². The van der Waals surface area contributed by atoms with E-state index in [1.807, 2.05) is 22.2 Å². The summed E-state index contributed by atoms with van der Waals surface area (Å²) in [5, 5.41) is 0. The van der Waals surface area contributed by atoms with Crippen LogP contribution in [0.4, 0.5) is 11.4 Å². The first kappa shape index (κ1) is 23.3. The summed E-state index contributed by atoms with van der Waals surface area (Å²) in [4.78, 5) is 50.1. The Kier molecular flexibility index (Phi) is 5.91. The number of aliphatic imine (C=N–C) groups is 2. The van der Waals surface area contributed by atoms with Crippen molar-refractivity contribution in [1.82, 2.24) is 15.4 Å². The van der Waals surface area contributed by atoms with Crippen LogP contribution in [0.25, 0.3) is 0 Å². The van der Waals surface area contributed by atoms with Gasteiger partial charge in [-0.3, -0.25) is 19.6 Å². The fourth-order valence-electron chi connectivity index (χ4n) is 5.29. The molecule has 2 fully saturated rings. The number of fused-ring (bicyclic) bond motifs is 4. The van der Waals surface area contributed by atoms with E-state index in [9.17, 15) is 9.59 Å². The molecule has 2 aromatic rings. The summed E-state index contributed by atoms with van der Waals surface area (Å²) in [6.45, 7) is 1.42. The second-order valence-electron chi connectivity index (χ2n) is 9.30. The van der Waals surface area contributed by atoms with Gasteiger partial charge in [-0.25, -0.2) is 0 Å². The number of methoxy groups -OCH3 is 2. The lowest BCUT2D eigenvalue weighted by molar-refractivity contribution is -0.0224. The Hall–Kier alpha value is -4.12. The number of nitrogens with zero attached hydrogens (tertiary/aromatic N) is 4. The van der Waals surface area contributed by atoms with Crippen molar-refractivity contribution in [1.29, 1.82) is 0 Å². The number of hydrogen-bond donors (Lipinski definition) is 1. The molecule has 6 rings (SSSR count). The van der Waals surface area contributed by atoms with Gasteiger partial charge in [-0.2, -0.15) is 0 Å². The lowest BCUT2D eigenvalue weighted by Gasteiger charge is -2.21. The smallest absolute Gasteiger partial charge is 0.256 e. The molecule has 192 valence electrons. The summed E-state index contributed by atoms with van der Waals surface area (Å²) in [6, 6.07) is 6.52. The Morgan fingerprint density at radius 3 is 1.62 bits per heavy atom. The molecular formula is C26H27N5O6. The third-order valence-corrected chi connectivity index (χ3v) is 7.22. The standard InChI is InChI=1S/C26H27N5O6/c1-34-21-9-17-19(27-13-15-5-3-7-30(15)25(17)32)11-23(21)36-29-37-24-12-20-18(10-22(24)35-2)26(33)31-8-4-6-16(31)14-28-20/h9-16,29H,3-8H2,1-2H3/t15-,16-/m0/s1. The molecule has 2 amide bonds. The largest absolute Gasteiger partial charge is 0.493 e. The lowest BCUT2D eigenvalue weighted by atomic mass is 10.1. The van der Waals surface area contributed by atoms with Crippen molar-refractivity contribution in [2.45, 2.75) is 37.8 Å². The topological polar surface area (TPSA) is 114 Å². The van der Waals surface area contributed by atoms with E-state index in [4.69, 9.17) is 19.1 Å². The first-order valence-electron chi connectivity index (χ1n) is 12.3. The maximum absolute atomic E-state index is 13.1. The Morgan fingerprint density at radius 2 is 1.19 bits per heavy atom. The molecule has 0 aromatic heterocycles. The van der Waals surface area contributed by atoms with E-state index in [1.54, 1.807) is 24.3 Å². The maximum atomic E-state index is 13.1. The SMILES string of the molecule is COc1cc2c(cc1ONOc1cc3c(cc1OC)C(=O)N1CCC[C@H]1C=N3)N=C[C@@H]1CCCN1C2=O. The summed E-state index contributed by atoms with van der Waals surface area (Å²) in [7, 11) is 2.99. The van der Waals surface area contributed by atoms with Crippen molar-refractivity contribution in [2.75, 3.05) is 27.3 Å². The minimum Gasteiger partial charge on any atom is -0.493 e. The first-order valence-corrected chi connectivity index (χ1v) is 12.3. The third-order valence-electron chi connectivity index (χ3n) is 7.22. The summed E-state index contributed by atoms with van der Waals surface area (Å²) in [6.07, 6.45) is 7.34. The molecule has 4 aliphatic heterocycles. The van der Waals surface area contributed by atoms with Gasteiger partial charge in [-0.05, 0) is 37.8 Å². The van der Waals surface area contributed by atoms with Crippen molar-refractivity contribution in [3.05, 3.63) is 35.4 Å². The molecule has 1 N–H and O–H groups in total. The zero-order chi connectivity index (χ0) is 25.5. The summed E-state index contributed by atoms with van der Waals surface area (Å²) >= 11 is 0. The van der Waals surface area contributed by atoms with E-state index in [0.717, 1.165) is 25.7 Å². The molecule has 0 unspecified atom stereocenters. The van der Waals surface area contributed by atoms with Gasteiger partial charge in [-0.1, -0.05) is 0 Å². The Balaban J connectivity index is 1.23. The number of hydrogen-bond acceptors (Lipinski definition) is 9.